The number of hydrogen-bond donors (Lipinski definition) is 18. The van der Waals surface area contributed by atoms with Gasteiger partial charge in [-0.15, -0.1) is 0 Å². The van der Waals surface area contributed by atoms with Crippen molar-refractivity contribution in [1.29, 1.82) is 0 Å². The summed E-state index contributed by atoms with van der Waals surface area (Å²) in [5.74, 6) is -16.4. The van der Waals surface area contributed by atoms with Crippen LogP contribution in [0, 0.1) is 0 Å². The van der Waals surface area contributed by atoms with Crippen LogP contribution < -0.4 is 70.8 Å². The minimum Gasteiger partial charge on any atom is -0.481 e. The number of hydrogen-bond acceptors (Lipinski definition) is 18. The van der Waals surface area contributed by atoms with Crippen molar-refractivity contribution in [3.8, 4) is 0 Å². The number of nitrogens with zero attached hydrogens (tertiary/aromatic N) is 2. The van der Waals surface area contributed by atoms with Crippen LogP contribution in [0.15, 0.2) is 4.99 Å². The van der Waals surface area contributed by atoms with E-state index in [-0.39, 0.29) is 44.7 Å². The number of nitrogens with two attached hydrogens (primary N) is 4. The fraction of sp³-hybridized carbons (Fsp3) is 0.634. The predicted octanol–water partition coefficient (Wildman–Crippen LogP) is -10.3. The Bertz CT molecular complexity index is 2160. The first-order valence-electron chi connectivity index (χ1n) is 23.0. The van der Waals surface area contributed by atoms with Crippen molar-refractivity contribution in [1.82, 2.24) is 52.8 Å². The molecule has 420 valence electrons. The number of aliphatic carboxylic acids is 3. The molecular weight excluding hydrogens is 1010 g/mol. The van der Waals surface area contributed by atoms with Gasteiger partial charge in [-0.25, -0.2) is 0 Å². The molecule has 0 unspecified atom stereocenters. The highest BCUT2D eigenvalue weighted by Crippen LogP contribution is 2.20. The first kappa shape index (κ1) is 64.7. The van der Waals surface area contributed by atoms with Crippen LogP contribution in [0.5, 0.6) is 0 Å². The lowest BCUT2D eigenvalue weighted by Crippen LogP contribution is -2.61. The number of aliphatic hydroxyl groups excluding tert-OH is 2. The van der Waals surface area contributed by atoms with Crippen molar-refractivity contribution >= 4 is 88.8 Å². The van der Waals surface area contributed by atoms with E-state index in [1.54, 1.807) is 0 Å². The summed E-state index contributed by atoms with van der Waals surface area (Å²) in [5, 5.41) is 66.7. The molecule has 0 spiro atoms. The van der Waals surface area contributed by atoms with E-state index in [0.29, 0.717) is 6.42 Å². The third-order valence-electron chi connectivity index (χ3n) is 10.7. The maximum Gasteiger partial charge on any atom is 0.322 e. The van der Waals surface area contributed by atoms with E-state index in [1.807, 2.05) is 16.0 Å². The van der Waals surface area contributed by atoms with Crippen LogP contribution in [0.2, 0.25) is 0 Å². The zero-order chi connectivity index (χ0) is 57.3. The zero-order valence-corrected chi connectivity index (χ0v) is 41.1. The number of carbonyl (C=O) groups is 14. The van der Waals surface area contributed by atoms with Gasteiger partial charge in [0.25, 0.3) is 0 Å². The highest BCUT2D eigenvalue weighted by molar-refractivity contribution is 5.99. The Kier molecular flexibility index (Phi) is 27.6. The Morgan fingerprint density at radius 1 is 0.613 bits per heavy atom. The monoisotopic (exact) mass is 1070 g/mol. The number of rotatable bonds is 33. The number of primary amides is 1. The molecule has 0 aromatic heterocycles. The van der Waals surface area contributed by atoms with E-state index in [0.717, 1.165) is 25.7 Å². The Labute approximate surface area is 427 Å². The molecule has 1 saturated heterocycles. The van der Waals surface area contributed by atoms with Crippen molar-refractivity contribution in [2.45, 2.75) is 133 Å². The zero-order valence-electron chi connectivity index (χ0n) is 41.1. The second-order valence-corrected chi connectivity index (χ2v) is 16.9. The summed E-state index contributed by atoms with van der Waals surface area (Å²) in [4.78, 5) is 181. The summed E-state index contributed by atoms with van der Waals surface area (Å²) < 4.78 is 0. The maximum absolute atomic E-state index is 13.5. The van der Waals surface area contributed by atoms with Crippen LogP contribution in [0.25, 0.3) is 0 Å². The number of nitrogens with one attached hydrogen (secondary N) is 9. The van der Waals surface area contributed by atoms with Crippen LogP contribution in [-0.2, 0) is 67.1 Å². The molecule has 1 rings (SSSR count). The lowest BCUT2D eigenvalue weighted by atomic mass is 10.1. The number of likely N-dealkylation sites (tertiary alicyclic amines) is 1. The Morgan fingerprint density at radius 2 is 1.17 bits per heavy atom. The minimum atomic E-state index is -2.03. The van der Waals surface area contributed by atoms with E-state index >= 15 is 0 Å². The van der Waals surface area contributed by atoms with E-state index < -0.39 is 182 Å². The number of amides is 11. The molecule has 0 radical (unpaired) electrons. The van der Waals surface area contributed by atoms with Gasteiger partial charge in [0.15, 0.2) is 5.96 Å². The van der Waals surface area contributed by atoms with E-state index in [9.17, 15) is 82.4 Å². The van der Waals surface area contributed by atoms with Crippen LogP contribution in [0.4, 0.5) is 0 Å². The van der Waals surface area contributed by atoms with Gasteiger partial charge in [-0.3, -0.25) is 72.1 Å². The predicted molar refractivity (Wildman–Crippen MR) is 253 cm³/mol. The molecule has 1 heterocycles. The van der Waals surface area contributed by atoms with Crippen LogP contribution in [0.3, 0.4) is 0 Å². The van der Waals surface area contributed by atoms with Gasteiger partial charge < -0.3 is 101 Å². The normalized spacial score (nSPS) is 16.4. The van der Waals surface area contributed by atoms with Crippen LogP contribution >= 0.6 is 0 Å². The molecule has 10 atom stereocenters. The third-order valence-corrected chi connectivity index (χ3v) is 10.7. The summed E-state index contributed by atoms with van der Waals surface area (Å²) in [6.07, 6.45) is -3.95. The fourth-order valence-corrected chi connectivity index (χ4v) is 6.78. The summed E-state index contributed by atoms with van der Waals surface area (Å²) >= 11 is 0. The van der Waals surface area contributed by atoms with E-state index in [2.05, 4.69) is 36.9 Å². The summed E-state index contributed by atoms with van der Waals surface area (Å²) in [7, 11) is 0. The summed E-state index contributed by atoms with van der Waals surface area (Å²) in [6.45, 7) is 0.460. The Morgan fingerprint density at radius 3 is 1.73 bits per heavy atom. The molecule has 0 bridgehead atoms. The number of aliphatic hydroxyl groups is 2. The van der Waals surface area contributed by atoms with Crippen molar-refractivity contribution in [3.63, 3.8) is 0 Å². The molecule has 0 aliphatic carbocycles. The van der Waals surface area contributed by atoms with Gasteiger partial charge in [0, 0.05) is 19.5 Å². The molecule has 75 heavy (non-hydrogen) atoms. The summed E-state index contributed by atoms with van der Waals surface area (Å²) in [5.41, 5.74) is 21.9. The highest BCUT2D eigenvalue weighted by atomic mass is 16.4. The van der Waals surface area contributed by atoms with Gasteiger partial charge in [-0.1, -0.05) is 0 Å². The first-order chi connectivity index (χ1) is 35.0. The summed E-state index contributed by atoms with van der Waals surface area (Å²) in [6, 6.07) is -14.4. The van der Waals surface area contributed by atoms with Gasteiger partial charge in [-0.2, -0.15) is 0 Å². The number of carboxylic acid groups (broad SMARTS) is 3. The van der Waals surface area contributed by atoms with Crippen molar-refractivity contribution < 1.29 is 92.7 Å². The number of aliphatic imine (C=N–C) groups is 1. The van der Waals surface area contributed by atoms with Crippen molar-refractivity contribution in [3.05, 3.63) is 0 Å². The topological polar surface area (TPSA) is 568 Å². The molecule has 1 aliphatic heterocycles. The quantitative estimate of drug-likeness (QED) is 0.0165. The van der Waals surface area contributed by atoms with Gasteiger partial charge in [0.05, 0.1) is 38.1 Å². The molecule has 22 N–H and O–H groups in total. The lowest BCUT2D eigenvalue weighted by molar-refractivity contribution is -0.142. The molecule has 11 amide bonds. The molecule has 1 fully saturated rings. The number of guanidine groups is 1. The standard InChI is InChI=1S/C41H67N15O19/c1-17(32(67)48-15-30(65)66)50-39(74)31(19(3)58)55-36(71)23(13-29(63)64)52-37(72)24(16-57)54-33(68)18(2)49-35(70)21(6-4-10-46-41(44)45)51-27(60)14-47-34(69)22(12-26(43)59)53-38(73)25-7-5-11-56(25)40(75)20(42)8-9-28(61)62/h17-25,31,57-58H,4-16,42H2,1-3H3,(H2,43,59)(H,47,69)(H,48,67)(H,49,70)(H,50,74)(H,51,60)(H,52,72)(H,53,73)(H,54,68)(H,55,71)(H,61,62)(H,63,64)(H,65,66)(H4,44,45,46)/t17-,18-,19+,20-,21-,22-,23-,24-,25-,31-/m0/s1. The second kappa shape index (κ2) is 32.0. The second-order valence-electron chi connectivity index (χ2n) is 16.9. The van der Waals surface area contributed by atoms with Crippen LogP contribution in [0.1, 0.15) is 72.1 Å². The van der Waals surface area contributed by atoms with Crippen molar-refractivity contribution in [2.24, 2.45) is 27.9 Å². The van der Waals surface area contributed by atoms with E-state index in [4.69, 9.17) is 33.1 Å². The maximum atomic E-state index is 13.5. The molecular formula is C41H67N15O19. The van der Waals surface area contributed by atoms with Gasteiger partial charge in [0.1, 0.15) is 54.9 Å². The molecule has 34 nitrogen and oxygen atoms in total. The Hall–Kier alpha value is -8.27. The highest BCUT2D eigenvalue weighted by Gasteiger charge is 2.39. The average molecular weight is 1070 g/mol. The van der Waals surface area contributed by atoms with E-state index in [1.165, 1.54) is 0 Å². The minimum absolute atomic E-state index is 0.0342. The average Bonchev–Trinajstić information content (AvgIpc) is 3.82. The number of carbonyl (C=O) groups excluding carboxylic acids is 11. The SMILES string of the molecule is C[C@H](NC(=O)[C@H](CCCN=C(N)N)NC(=O)CNC(=O)[C@H](CC(N)=O)NC(=O)[C@@H]1CCCN1C(=O)[C@@H](N)CCC(=O)O)C(=O)N[C@@H](CO)C(=O)N[C@@H](CC(=O)O)C(=O)N[C@H](C(=O)N[C@@H](C)C(=O)NCC(=O)O)[C@@H](C)O. The first-order valence-corrected chi connectivity index (χ1v) is 23.0. The fourth-order valence-electron chi connectivity index (χ4n) is 6.78. The number of carboxylic acids is 3. The molecule has 0 saturated carbocycles. The van der Waals surface area contributed by atoms with Gasteiger partial charge >= 0.3 is 17.9 Å². The van der Waals surface area contributed by atoms with Gasteiger partial charge in [-0.05, 0) is 52.9 Å². The Balaban J connectivity index is 3.10. The molecule has 34 heteroatoms. The smallest absolute Gasteiger partial charge is 0.322 e. The largest absolute Gasteiger partial charge is 0.481 e. The molecule has 0 aromatic carbocycles. The third kappa shape index (κ3) is 23.9. The van der Waals surface area contributed by atoms with Crippen LogP contribution in [-0.4, -0.2) is 213 Å². The molecule has 1 aliphatic rings. The molecule has 0 aromatic rings. The van der Waals surface area contributed by atoms with Gasteiger partial charge in [0.2, 0.25) is 65.0 Å². The lowest BCUT2D eigenvalue weighted by Gasteiger charge is -2.28. The van der Waals surface area contributed by atoms with Crippen molar-refractivity contribution in [2.75, 3.05) is 32.8 Å².